The Labute approximate surface area is 204 Å². The third-order valence-corrected chi connectivity index (χ3v) is 5.99. The molecule has 180 valence electrons. The standard InChI is InChI=1S/C26H29ClN2O5/c1-3-34-22-13-23(28-15-22)24(31)29-21(14-26(2,16-30)25(32)33)11-17-7-9-18(10-8-17)19-5-4-6-20(27)12-19/h4-10,12-13,21,30H,3,11,14-16H2,1-2H3,(H,29,31)(H,32,33)/t21-,26+/m1/s1. The van der Waals surface area contributed by atoms with E-state index in [4.69, 9.17) is 16.3 Å². The van der Waals surface area contributed by atoms with Crippen molar-refractivity contribution < 1.29 is 24.5 Å². The van der Waals surface area contributed by atoms with Gasteiger partial charge in [0.1, 0.15) is 11.5 Å². The maximum Gasteiger partial charge on any atom is 0.311 e. The largest absolute Gasteiger partial charge is 0.496 e. The average molecular weight is 485 g/mol. The smallest absolute Gasteiger partial charge is 0.311 e. The minimum Gasteiger partial charge on any atom is -0.496 e. The molecule has 0 bridgehead atoms. The monoisotopic (exact) mass is 484 g/mol. The van der Waals surface area contributed by atoms with E-state index in [-0.39, 0.29) is 12.1 Å². The van der Waals surface area contributed by atoms with Crippen molar-refractivity contribution in [1.82, 2.24) is 5.32 Å². The molecule has 34 heavy (non-hydrogen) atoms. The summed E-state index contributed by atoms with van der Waals surface area (Å²) in [4.78, 5) is 28.8. The second-order valence-corrected chi connectivity index (χ2v) is 8.99. The van der Waals surface area contributed by atoms with Crippen LogP contribution in [0.5, 0.6) is 0 Å². The van der Waals surface area contributed by atoms with E-state index < -0.39 is 29.9 Å². The van der Waals surface area contributed by atoms with Crippen molar-refractivity contribution >= 4 is 29.2 Å². The van der Waals surface area contributed by atoms with Gasteiger partial charge in [-0.1, -0.05) is 48.0 Å². The summed E-state index contributed by atoms with van der Waals surface area (Å²) in [6, 6.07) is 14.8. The molecule has 0 saturated heterocycles. The van der Waals surface area contributed by atoms with Crippen molar-refractivity contribution in [3.63, 3.8) is 0 Å². The third kappa shape index (κ3) is 6.46. The highest BCUT2D eigenvalue weighted by Gasteiger charge is 2.36. The van der Waals surface area contributed by atoms with Gasteiger partial charge in [0.15, 0.2) is 0 Å². The summed E-state index contributed by atoms with van der Waals surface area (Å²) in [7, 11) is 0. The van der Waals surface area contributed by atoms with Crippen LogP contribution in [0.25, 0.3) is 11.1 Å². The van der Waals surface area contributed by atoms with Gasteiger partial charge in [0.25, 0.3) is 5.91 Å². The van der Waals surface area contributed by atoms with Crippen molar-refractivity contribution in [3.05, 3.63) is 71.0 Å². The van der Waals surface area contributed by atoms with Crippen molar-refractivity contribution in [2.24, 2.45) is 10.4 Å². The van der Waals surface area contributed by atoms with E-state index in [1.54, 1.807) is 6.08 Å². The molecule has 0 saturated carbocycles. The van der Waals surface area contributed by atoms with Gasteiger partial charge in [0.05, 0.1) is 25.2 Å². The van der Waals surface area contributed by atoms with E-state index in [9.17, 15) is 19.8 Å². The van der Waals surface area contributed by atoms with Crippen LogP contribution >= 0.6 is 11.6 Å². The zero-order valence-electron chi connectivity index (χ0n) is 19.3. The minimum atomic E-state index is -1.40. The molecule has 1 heterocycles. The van der Waals surface area contributed by atoms with Gasteiger partial charge in [0, 0.05) is 17.1 Å². The molecule has 2 aromatic carbocycles. The number of carbonyl (C=O) groups excluding carboxylic acids is 1. The summed E-state index contributed by atoms with van der Waals surface area (Å²) in [6.45, 7) is 3.57. The van der Waals surface area contributed by atoms with Gasteiger partial charge in [-0.05, 0) is 55.5 Å². The molecule has 1 aliphatic heterocycles. The summed E-state index contributed by atoms with van der Waals surface area (Å²) in [5, 5.41) is 22.9. The number of aliphatic carboxylic acids is 1. The summed E-state index contributed by atoms with van der Waals surface area (Å²) < 4.78 is 5.42. The number of rotatable bonds is 11. The number of nitrogens with zero attached hydrogens (tertiary/aromatic N) is 1. The van der Waals surface area contributed by atoms with Gasteiger partial charge in [-0.15, -0.1) is 0 Å². The van der Waals surface area contributed by atoms with Crippen LogP contribution in [0.4, 0.5) is 0 Å². The maximum atomic E-state index is 12.8. The summed E-state index contributed by atoms with van der Waals surface area (Å²) in [5.41, 5.74) is 1.74. The first-order chi connectivity index (χ1) is 16.2. The number of carboxylic acids is 1. The Kier molecular flexibility index (Phi) is 8.47. The first kappa shape index (κ1) is 25.5. The molecule has 3 rings (SSSR count). The second kappa shape index (κ2) is 11.3. The van der Waals surface area contributed by atoms with Crippen LogP contribution in [-0.2, 0) is 20.7 Å². The number of amides is 1. The molecule has 0 aromatic heterocycles. The van der Waals surface area contributed by atoms with Crippen LogP contribution < -0.4 is 5.32 Å². The number of nitrogens with one attached hydrogen (secondary N) is 1. The van der Waals surface area contributed by atoms with Crippen LogP contribution in [0.3, 0.4) is 0 Å². The van der Waals surface area contributed by atoms with E-state index in [2.05, 4.69) is 10.3 Å². The molecule has 0 unspecified atom stereocenters. The molecule has 3 N–H and O–H groups in total. The molecule has 1 aliphatic rings. The SMILES string of the molecule is CCOC1=CC(C(=O)N[C@H](Cc2ccc(-c3cccc(Cl)c3)cc2)C[C@@](C)(CO)C(=O)O)=NC1. The summed E-state index contributed by atoms with van der Waals surface area (Å²) in [5.74, 6) is -0.908. The topological polar surface area (TPSA) is 108 Å². The molecule has 0 radical (unpaired) electrons. The number of halogens is 1. The Morgan fingerprint density at radius 2 is 1.94 bits per heavy atom. The van der Waals surface area contributed by atoms with Gasteiger partial charge in [-0.3, -0.25) is 14.6 Å². The quantitative estimate of drug-likeness (QED) is 0.448. The molecule has 0 spiro atoms. The van der Waals surface area contributed by atoms with Crippen LogP contribution in [0.1, 0.15) is 25.8 Å². The molecule has 8 heteroatoms. The number of hydrogen-bond donors (Lipinski definition) is 3. The van der Waals surface area contributed by atoms with Gasteiger partial charge >= 0.3 is 5.97 Å². The highest BCUT2D eigenvalue weighted by molar-refractivity contribution is 6.44. The number of aliphatic hydroxyl groups is 1. The number of carboxylic acid groups (broad SMARTS) is 1. The number of benzene rings is 2. The van der Waals surface area contributed by atoms with Crippen molar-refractivity contribution in [3.8, 4) is 11.1 Å². The molecular formula is C26H29ClN2O5. The predicted octanol–water partition coefficient (Wildman–Crippen LogP) is 3.88. The number of carbonyl (C=O) groups is 2. The second-order valence-electron chi connectivity index (χ2n) is 8.55. The van der Waals surface area contributed by atoms with Gasteiger partial charge in [0.2, 0.25) is 0 Å². The highest BCUT2D eigenvalue weighted by atomic mass is 35.5. The molecule has 0 fully saturated rings. The third-order valence-electron chi connectivity index (χ3n) is 5.76. The Bertz CT molecular complexity index is 1100. The fraction of sp³-hybridized carbons (Fsp3) is 0.346. The molecule has 2 aromatic rings. The maximum absolute atomic E-state index is 12.8. The first-order valence-corrected chi connectivity index (χ1v) is 11.5. The number of aliphatic hydroxyl groups excluding tert-OH is 1. The molecular weight excluding hydrogens is 456 g/mol. The lowest BCUT2D eigenvalue weighted by Gasteiger charge is -2.28. The van der Waals surface area contributed by atoms with Crippen LogP contribution in [0, 0.1) is 5.41 Å². The lowest BCUT2D eigenvalue weighted by molar-refractivity contribution is -0.151. The van der Waals surface area contributed by atoms with Crippen molar-refractivity contribution in [1.29, 1.82) is 0 Å². The minimum absolute atomic E-state index is 0.0515. The number of ether oxygens (including phenoxy) is 1. The Hall–Kier alpha value is -3.16. The van der Waals surface area contributed by atoms with Crippen LogP contribution in [-0.4, -0.2) is 53.6 Å². The summed E-state index contributed by atoms with van der Waals surface area (Å²) in [6.07, 6.45) is 2.04. The Morgan fingerprint density at radius 3 is 2.56 bits per heavy atom. The van der Waals surface area contributed by atoms with Gasteiger partial charge < -0.3 is 20.3 Å². The fourth-order valence-electron chi connectivity index (χ4n) is 3.80. The lowest BCUT2D eigenvalue weighted by atomic mass is 9.82. The van der Waals surface area contributed by atoms with Crippen molar-refractivity contribution in [2.75, 3.05) is 19.8 Å². The zero-order valence-corrected chi connectivity index (χ0v) is 20.0. The lowest BCUT2D eigenvalue weighted by Crippen LogP contribution is -2.45. The Balaban J connectivity index is 1.78. The molecule has 2 atom stereocenters. The van der Waals surface area contributed by atoms with Crippen LogP contribution in [0.2, 0.25) is 5.02 Å². The predicted molar refractivity (Wildman–Crippen MR) is 132 cm³/mol. The Morgan fingerprint density at radius 1 is 1.21 bits per heavy atom. The van der Waals surface area contributed by atoms with E-state index >= 15 is 0 Å². The molecule has 0 aliphatic carbocycles. The van der Waals surface area contributed by atoms with Gasteiger partial charge in [-0.25, -0.2) is 0 Å². The molecule has 1 amide bonds. The van der Waals surface area contributed by atoms with E-state index in [0.717, 1.165) is 16.7 Å². The normalized spacial score (nSPS) is 15.6. The molecule has 7 nitrogen and oxygen atoms in total. The highest BCUT2D eigenvalue weighted by Crippen LogP contribution is 2.27. The van der Waals surface area contributed by atoms with Crippen LogP contribution in [0.15, 0.2) is 65.4 Å². The fourth-order valence-corrected chi connectivity index (χ4v) is 3.99. The van der Waals surface area contributed by atoms with Gasteiger partial charge in [-0.2, -0.15) is 0 Å². The number of aliphatic imine (C=N–C) groups is 1. The summed E-state index contributed by atoms with van der Waals surface area (Å²) >= 11 is 6.09. The van der Waals surface area contributed by atoms with Crippen molar-refractivity contribution in [2.45, 2.75) is 32.7 Å². The van der Waals surface area contributed by atoms with E-state index in [0.29, 0.717) is 30.4 Å². The number of hydrogen-bond acceptors (Lipinski definition) is 5. The average Bonchev–Trinajstić information content (AvgIpc) is 3.28. The first-order valence-electron chi connectivity index (χ1n) is 11.1. The van der Waals surface area contributed by atoms with E-state index in [1.165, 1.54) is 6.92 Å². The zero-order chi connectivity index (χ0) is 24.7. The van der Waals surface area contributed by atoms with E-state index in [1.807, 2.05) is 55.5 Å².